The van der Waals surface area contributed by atoms with Crippen molar-refractivity contribution < 1.29 is 4.79 Å². The lowest BCUT2D eigenvalue weighted by atomic mass is 10.0. The molecule has 0 radical (unpaired) electrons. The molecule has 1 fully saturated rings. The standard InChI is InChI=1S/C26H28N4O2S2/c1-17(19-10-4-3-5-11-19)15-30-25(32)23-22(20-12-8-13-27-24(20)34-23)28-26(30)33-16-21(31)29-14-7-6-9-18(29)2/h3-5,8,10-13,17-18H,6-7,9,14-16H2,1-2H3/t17-,18+/m0/s1. The molecular formula is C26H28N4O2S2. The SMILES string of the molecule is C[C@@H]1CCCCN1C(=O)CSc1nc2c(sc3ncccc32)c(=O)n1C[C@H](C)c1ccccc1. The van der Waals surface area contributed by atoms with Crippen LogP contribution < -0.4 is 5.56 Å². The number of hydrogen-bond donors (Lipinski definition) is 0. The molecule has 1 amide bonds. The van der Waals surface area contributed by atoms with Crippen LogP contribution in [0.25, 0.3) is 20.4 Å². The quantitative estimate of drug-likeness (QED) is 0.270. The van der Waals surface area contributed by atoms with Crippen LogP contribution in [0.15, 0.2) is 58.6 Å². The number of pyridine rings is 1. The Labute approximate surface area is 207 Å². The number of piperidine rings is 1. The molecule has 6 nitrogen and oxygen atoms in total. The molecule has 0 spiro atoms. The highest BCUT2D eigenvalue weighted by Gasteiger charge is 2.25. The molecule has 1 aliphatic rings. The second-order valence-corrected chi connectivity index (χ2v) is 10.9. The molecule has 2 atom stereocenters. The molecule has 4 aromatic rings. The Hall–Kier alpha value is -2.71. The molecule has 1 saturated heterocycles. The van der Waals surface area contributed by atoms with Crippen molar-refractivity contribution in [2.75, 3.05) is 12.3 Å². The molecule has 8 heteroatoms. The molecule has 0 saturated carbocycles. The largest absolute Gasteiger partial charge is 0.339 e. The first-order valence-corrected chi connectivity index (χ1v) is 13.6. The first kappa shape index (κ1) is 23.1. The fourth-order valence-corrected chi connectivity index (χ4v) is 6.57. The van der Waals surface area contributed by atoms with Gasteiger partial charge in [-0.15, -0.1) is 11.3 Å². The molecular weight excluding hydrogens is 464 g/mol. The summed E-state index contributed by atoms with van der Waals surface area (Å²) in [5, 5.41) is 1.49. The molecule has 176 valence electrons. The van der Waals surface area contributed by atoms with E-state index >= 15 is 0 Å². The van der Waals surface area contributed by atoms with Gasteiger partial charge in [-0.25, -0.2) is 9.97 Å². The number of thioether (sulfide) groups is 1. The maximum atomic E-state index is 13.7. The number of benzene rings is 1. The van der Waals surface area contributed by atoms with Crippen LogP contribution in [0.2, 0.25) is 0 Å². The summed E-state index contributed by atoms with van der Waals surface area (Å²) >= 11 is 2.76. The lowest BCUT2D eigenvalue weighted by molar-refractivity contribution is -0.131. The average Bonchev–Trinajstić information content (AvgIpc) is 3.24. The third-order valence-corrected chi connectivity index (χ3v) is 8.64. The van der Waals surface area contributed by atoms with Gasteiger partial charge in [0, 0.05) is 30.7 Å². The molecule has 3 aromatic heterocycles. The monoisotopic (exact) mass is 492 g/mol. The van der Waals surface area contributed by atoms with Crippen molar-refractivity contribution in [3.05, 3.63) is 64.6 Å². The minimum absolute atomic E-state index is 0.0583. The van der Waals surface area contributed by atoms with Crippen LogP contribution in [0.3, 0.4) is 0 Å². The highest BCUT2D eigenvalue weighted by molar-refractivity contribution is 7.99. The number of carbonyl (C=O) groups excluding carboxylic acids is 1. The summed E-state index contributed by atoms with van der Waals surface area (Å²) in [5.41, 5.74) is 1.79. The second kappa shape index (κ2) is 9.88. The summed E-state index contributed by atoms with van der Waals surface area (Å²) in [6, 6.07) is 14.3. The van der Waals surface area contributed by atoms with Gasteiger partial charge in [0.1, 0.15) is 9.53 Å². The third kappa shape index (κ3) is 4.49. The molecule has 5 rings (SSSR count). The number of hydrogen-bond acceptors (Lipinski definition) is 6. The van der Waals surface area contributed by atoms with Crippen molar-refractivity contribution in [2.24, 2.45) is 0 Å². The number of rotatable bonds is 6. The predicted octanol–water partition coefficient (Wildman–Crippen LogP) is 5.30. The number of nitrogens with zero attached hydrogens (tertiary/aromatic N) is 4. The number of aromatic nitrogens is 3. The van der Waals surface area contributed by atoms with Crippen LogP contribution in [-0.2, 0) is 11.3 Å². The van der Waals surface area contributed by atoms with Crippen LogP contribution in [0, 0.1) is 0 Å². The smallest absolute Gasteiger partial charge is 0.272 e. The minimum Gasteiger partial charge on any atom is -0.339 e. The Morgan fingerprint density at radius 3 is 2.82 bits per heavy atom. The van der Waals surface area contributed by atoms with Gasteiger partial charge in [-0.1, -0.05) is 49.0 Å². The van der Waals surface area contributed by atoms with Crippen molar-refractivity contribution in [3.8, 4) is 0 Å². The molecule has 1 aromatic carbocycles. The zero-order valence-electron chi connectivity index (χ0n) is 19.4. The maximum Gasteiger partial charge on any atom is 0.272 e. The van der Waals surface area contributed by atoms with Crippen LogP contribution in [0.5, 0.6) is 0 Å². The van der Waals surface area contributed by atoms with Gasteiger partial charge in [0.15, 0.2) is 5.16 Å². The first-order chi connectivity index (χ1) is 16.5. The summed E-state index contributed by atoms with van der Waals surface area (Å²) in [6.45, 7) is 5.55. The number of likely N-dealkylation sites (tertiary alicyclic amines) is 1. The summed E-state index contributed by atoms with van der Waals surface area (Å²) < 4.78 is 2.38. The second-order valence-electron chi connectivity index (χ2n) is 8.98. The third-order valence-electron chi connectivity index (χ3n) is 6.59. The topological polar surface area (TPSA) is 68.1 Å². The van der Waals surface area contributed by atoms with E-state index in [0.717, 1.165) is 29.6 Å². The van der Waals surface area contributed by atoms with E-state index < -0.39 is 0 Å². The van der Waals surface area contributed by atoms with Crippen LogP contribution in [0.1, 0.15) is 44.6 Å². The lowest BCUT2D eigenvalue weighted by Gasteiger charge is -2.33. The Balaban J connectivity index is 1.52. The van der Waals surface area contributed by atoms with Gasteiger partial charge >= 0.3 is 0 Å². The maximum absolute atomic E-state index is 13.7. The van der Waals surface area contributed by atoms with E-state index in [1.165, 1.54) is 35.1 Å². The molecule has 0 unspecified atom stereocenters. The Bertz CT molecular complexity index is 1380. The van der Waals surface area contributed by atoms with Gasteiger partial charge in [-0.2, -0.15) is 0 Å². The average molecular weight is 493 g/mol. The Morgan fingerprint density at radius 2 is 2.03 bits per heavy atom. The van der Waals surface area contributed by atoms with Gasteiger partial charge in [0.2, 0.25) is 5.91 Å². The number of amides is 1. The Kier molecular flexibility index (Phi) is 6.70. The first-order valence-electron chi connectivity index (χ1n) is 11.8. The molecule has 0 aliphatic carbocycles. The van der Waals surface area contributed by atoms with Gasteiger partial charge in [0.05, 0.1) is 11.3 Å². The highest BCUT2D eigenvalue weighted by atomic mass is 32.2. The molecule has 0 bridgehead atoms. The van der Waals surface area contributed by atoms with Crippen LogP contribution in [0.4, 0.5) is 0 Å². The van der Waals surface area contributed by atoms with E-state index in [2.05, 4.69) is 31.0 Å². The summed E-state index contributed by atoms with van der Waals surface area (Å²) in [5.74, 6) is 0.524. The molecule has 34 heavy (non-hydrogen) atoms. The van der Waals surface area contributed by atoms with Crippen molar-refractivity contribution in [1.29, 1.82) is 0 Å². The fourth-order valence-electron chi connectivity index (χ4n) is 4.65. The van der Waals surface area contributed by atoms with E-state index in [9.17, 15) is 9.59 Å². The van der Waals surface area contributed by atoms with Gasteiger partial charge in [0.25, 0.3) is 5.56 Å². The van der Waals surface area contributed by atoms with E-state index in [0.29, 0.717) is 21.9 Å². The van der Waals surface area contributed by atoms with Crippen LogP contribution >= 0.6 is 23.1 Å². The molecule has 0 N–H and O–H groups in total. The van der Waals surface area contributed by atoms with Gasteiger partial charge < -0.3 is 4.90 Å². The van der Waals surface area contributed by atoms with Crippen molar-refractivity contribution in [3.63, 3.8) is 0 Å². The summed E-state index contributed by atoms with van der Waals surface area (Å²) in [7, 11) is 0. The minimum atomic E-state index is -0.0583. The Morgan fingerprint density at radius 1 is 1.21 bits per heavy atom. The summed E-state index contributed by atoms with van der Waals surface area (Å²) in [6.07, 6.45) is 5.01. The highest BCUT2D eigenvalue weighted by Crippen LogP contribution is 2.31. The van der Waals surface area contributed by atoms with Gasteiger partial charge in [-0.3, -0.25) is 14.2 Å². The lowest BCUT2D eigenvalue weighted by Crippen LogP contribution is -2.43. The number of carbonyl (C=O) groups is 1. The van der Waals surface area contributed by atoms with Crippen molar-refractivity contribution >= 4 is 49.4 Å². The van der Waals surface area contributed by atoms with Crippen molar-refractivity contribution in [2.45, 2.75) is 56.8 Å². The van der Waals surface area contributed by atoms with E-state index in [1.54, 1.807) is 10.8 Å². The predicted molar refractivity (Wildman–Crippen MR) is 140 cm³/mol. The zero-order valence-corrected chi connectivity index (χ0v) is 21.1. The van der Waals surface area contributed by atoms with E-state index in [-0.39, 0.29) is 29.2 Å². The fraction of sp³-hybridized carbons (Fsp3) is 0.385. The molecule has 1 aliphatic heterocycles. The zero-order chi connectivity index (χ0) is 23.7. The van der Waals surface area contributed by atoms with Gasteiger partial charge in [-0.05, 0) is 49.8 Å². The van der Waals surface area contributed by atoms with E-state index in [4.69, 9.17) is 4.98 Å². The van der Waals surface area contributed by atoms with E-state index in [1.807, 2.05) is 35.2 Å². The normalized spacial score (nSPS) is 17.4. The van der Waals surface area contributed by atoms with Crippen LogP contribution in [-0.4, -0.2) is 43.7 Å². The molecule has 4 heterocycles. The summed E-state index contributed by atoms with van der Waals surface area (Å²) in [4.78, 5) is 38.9. The van der Waals surface area contributed by atoms with Crippen molar-refractivity contribution in [1.82, 2.24) is 19.4 Å². The number of fused-ring (bicyclic) bond motifs is 3. The number of thiophene rings is 1.